The van der Waals surface area contributed by atoms with E-state index < -0.39 is 5.60 Å². The molecule has 0 saturated heterocycles. The van der Waals surface area contributed by atoms with Crippen LogP contribution in [0.1, 0.15) is 26.3 Å². The highest BCUT2D eigenvalue weighted by Crippen LogP contribution is 2.09. The molecule has 118 valence electrons. The average molecular weight is 313 g/mol. The molecule has 0 saturated carbocycles. The molecule has 1 amide bonds. The first-order valence-electron chi connectivity index (χ1n) is 7.26. The van der Waals surface area contributed by atoms with Gasteiger partial charge in [0, 0.05) is 18.1 Å². The number of likely N-dealkylation sites (N-methyl/N-ethyl adjacent to an activating group) is 1. The van der Waals surface area contributed by atoms with E-state index in [1.165, 1.54) is 0 Å². The average Bonchev–Trinajstić information content (AvgIpc) is 2.38. The van der Waals surface area contributed by atoms with Crippen LogP contribution in [0.2, 0.25) is 5.02 Å². The van der Waals surface area contributed by atoms with Crippen LogP contribution in [-0.2, 0) is 11.2 Å². The van der Waals surface area contributed by atoms with E-state index >= 15 is 0 Å². The molecule has 0 spiro atoms. The maximum atomic E-state index is 11.9. The highest BCUT2D eigenvalue weighted by atomic mass is 35.5. The zero-order valence-electron chi connectivity index (χ0n) is 13.0. The van der Waals surface area contributed by atoms with E-state index in [4.69, 9.17) is 11.6 Å². The monoisotopic (exact) mass is 312 g/mol. The van der Waals surface area contributed by atoms with Gasteiger partial charge in [-0.25, -0.2) is 0 Å². The Labute approximate surface area is 132 Å². The molecule has 0 heterocycles. The lowest BCUT2D eigenvalue weighted by Crippen LogP contribution is -2.44. The summed E-state index contributed by atoms with van der Waals surface area (Å²) < 4.78 is 0. The van der Waals surface area contributed by atoms with Gasteiger partial charge in [-0.05, 0) is 44.5 Å². The van der Waals surface area contributed by atoms with Crippen LogP contribution < -0.4 is 5.32 Å². The largest absolute Gasteiger partial charge is 0.389 e. The lowest BCUT2D eigenvalue weighted by molar-refractivity contribution is -0.122. The molecule has 1 aromatic rings. The first-order valence-corrected chi connectivity index (χ1v) is 7.64. The van der Waals surface area contributed by atoms with Crippen molar-refractivity contribution in [3.8, 4) is 0 Å². The number of nitrogens with zero attached hydrogens (tertiary/aromatic N) is 1. The molecule has 0 aromatic heterocycles. The third-order valence-electron chi connectivity index (χ3n) is 3.07. The number of benzene rings is 1. The van der Waals surface area contributed by atoms with Crippen molar-refractivity contribution in [2.75, 3.05) is 26.2 Å². The summed E-state index contributed by atoms with van der Waals surface area (Å²) in [4.78, 5) is 13.8. The van der Waals surface area contributed by atoms with Crippen molar-refractivity contribution < 1.29 is 9.90 Å². The number of nitrogens with one attached hydrogen (secondary N) is 1. The van der Waals surface area contributed by atoms with Crippen LogP contribution in [0.3, 0.4) is 0 Å². The van der Waals surface area contributed by atoms with Crippen molar-refractivity contribution in [1.82, 2.24) is 10.2 Å². The van der Waals surface area contributed by atoms with E-state index in [0.717, 1.165) is 18.5 Å². The zero-order chi connectivity index (χ0) is 15.9. The van der Waals surface area contributed by atoms with Crippen molar-refractivity contribution in [2.24, 2.45) is 0 Å². The number of amides is 1. The Morgan fingerprint density at radius 3 is 2.48 bits per heavy atom. The van der Waals surface area contributed by atoms with Crippen molar-refractivity contribution in [1.29, 1.82) is 0 Å². The maximum Gasteiger partial charge on any atom is 0.234 e. The zero-order valence-corrected chi connectivity index (χ0v) is 13.8. The predicted molar refractivity (Wildman–Crippen MR) is 86.6 cm³/mol. The molecule has 1 aromatic carbocycles. The predicted octanol–water partition coefficient (Wildman–Crippen LogP) is 2.09. The number of hydrogen-bond donors (Lipinski definition) is 2. The van der Waals surface area contributed by atoms with E-state index in [2.05, 4.69) is 5.32 Å². The van der Waals surface area contributed by atoms with Crippen molar-refractivity contribution >= 4 is 17.5 Å². The number of hydrogen-bond acceptors (Lipinski definition) is 3. The standard InChI is InChI=1S/C16H25ClN2O2/c1-4-19(12-16(2,3)21)11-15(20)18-10-9-13-5-7-14(17)8-6-13/h5-8,21H,4,9-12H2,1-3H3,(H,18,20). The van der Waals surface area contributed by atoms with Gasteiger partial charge < -0.3 is 10.4 Å². The molecule has 0 fully saturated rings. The molecule has 0 bridgehead atoms. The lowest BCUT2D eigenvalue weighted by atomic mass is 10.1. The summed E-state index contributed by atoms with van der Waals surface area (Å²) in [6, 6.07) is 7.62. The number of carbonyl (C=O) groups is 1. The van der Waals surface area contributed by atoms with Gasteiger partial charge in [-0.3, -0.25) is 9.69 Å². The van der Waals surface area contributed by atoms with Crippen LogP contribution in [0.5, 0.6) is 0 Å². The maximum absolute atomic E-state index is 11.9. The highest BCUT2D eigenvalue weighted by Gasteiger charge is 2.18. The van der Waals surface area contributed by atoms with Gasteiger partial charge in [0.15, 0.2) is 0 Å². The second kappa shape index (κ2) is 8.37. The third kappa shape index (κ3) is 8.05. The van der Waals surface area contributed by atoms with Gasteiger partial charge in [-0.1, -0.05) is 30.7 Å². The van der Waals surface area contributed by atoms with E-state index in [9.17, 15) is 9.90 Å². The molecule has 0 aliphatic rings. The van der Waals surface area contributed by atoms with E-state index in [1.807, 2.05) is 36.1 Å². The van der Waals surface area contributed by atoms with Crippen LogP contribution in [0, 0.1) is 0 Å². The molecule has 4 nitrogen and oxygen atoms in total. The summed E-state index contributed by atoms with van der Waals surface area (Å²) in [6.45, 7) is 7.58. The lowest BCUT2D eigenvalue weighted by Gasteiger charge is -2.27. The molecule has 0 aliphatic heterocycles. The summed E-state index contributed by atoms with van der Waals surface area (Å²) in [5, 5.41) is 13.4. The van der Waals surface area contributed by atoms with Crippen LogP contribution in [0.25, 0.3) is 0 Å². The minimum Gasteiger partial charge on any atom is -0.389 e. The summed E-state index contributed by atoms with van der Waals surface area (Å²) in [6.07, 6.45) is 0.778. The number of aliphatic hydroxyl groups is 1. The summed E-state index contributed by atoms with van der Waals surface area (Å²) in [5.41, 5.74) is 0.350. The number of halogens is 1. The molecular formula is C16H25ClN2O2. The van der Waals surface area contributed by atoms with E-state index in [1.54, 1.807) is 13.8 Å². The summed E-state index contributed by atoms with van der Waals surface area (Å²) in [7, 11) is 0. The van der Waals surface area contributed by atoms with E-state index in [0.29, 0.717) is 24.7 Å². The van der Waals surface area contributed by atoms with Crippen LogP contribution in [-0.4, -0.2) is 47.7 Å². The van der Waals surface area contributed by atoms with Gasteiger partial charge >= 0.3 is 0 Å². The van der Waals surface area contributed by atoms with Crippen molar-refractivity contribution in [3.05, 3.63) is 34.9 Å². The van der Waals surface area contributed by atoms with Gasteiger partial charge in [0.1, 0.15) is 0 Å². The van der Waals surface area contributed by atoms with Gasteiger partial charge in [0.05, 0.1) is 12.1 Å². The first kappa shape index (κ1) is 18.0. The normalized spacial score (nSPS) is 11.7. The second-order valence-corrected chi connectivity index (χ2v) is 6.28. The Kier molecular flexibility index (Phi) is 7.15. The Hall–Kier alpha value is -1.10. The fourth-order valence-electron chi connectivity index (χ4n) is 2.08. The van der Waals surface area contributed by atoms with Gasteiger partial charge in [0.25, 0.3) is 0 Å². The Morgan fingerprint density at radius 2 is 1.95 bits per heavy atom. The minimum atomic E-state index is -0.792. The molecule has 0 atom stereocenters. The molecular weight excluding hydrogens is 288 g/mol. The van der Waals surface area contributed by atoms with Crippen LogP contribution >= 0.6 is 11.6 Å². The van der Waals surface area contributed by atoms with Crippen LogP contribution in [0.4, 0.5) is 0 Å². The fourth-order valence-corrected chi connectivity index (χ4v) is 2.21. The van der Waals surface area contributed by atoms with Crippen molar-refractivity contribution in [2.45, 2.75) is 32.8 Å². The molecule has 0 radical (unpaired) electrons. The Balaban J connectivity index is 2.31. The van der Waals surface area contributed by atoms with E-state index in [-0.39, 0.29) is 5.91 Å². The molecule has 0 unspecified atom stereocenters. The summed E-state index contributed by atoms with van der Waals surface area (Å²) >= 11 is 5.83. The molecule has 21 heavy (non-hydrogen) atoms. The highest BCUT2D eigenvalue weighted by molar-refractivity contribution is 6.30. The smallest absolute Gasteiger partial charge is 0.234 e. The second-order valence-electron chi connectivity index (χ2n) is 5.84. The van der Waals surface area contributed by atoms with Gasteiger partial charge in [0.2, 0.25) is 5.91 Å². The Morgan fingerprint density at radius 1 is 1.33 bits per heavy atom. The van der Waals surface area contributed by atoms with Crippen molar-refractivity contribution in [3.63, 3.8) is 0 Å². The Bertz CT molecular complexity index is 441. The summed E-state index contributed by atoms with van der Waals surface area (Å²) in [5.74, 6) is -0.0185. The van der Waals surface area contributed by atoms with Gasteiger partial charge in [-0.2, -0.15) is 0 Å². The molecule has 2 N–H and O–H groups in total. The minimum absolute atomic E-state index is 0.0185. The first-order chi connectivity index (χ1) is 9.80. The SMILES string of the molecule is CCN(CC(=O)NCCc1ccc(Cl)cc1)CC(C)(C)O. The number of carbonyl (C=O) groups excluding carboxylic acids is 1. The van der Waals surface area contributed by atoms with Crippen LogP contribution in [0.15, 0.2) is 24.3 Å². The molecule has 1 rings (SSSR count). The fraction of sp³-hybridized carbons (Fsp3) is 0.562. The molecule has 0 aliphatic carbocycles. The topological polar surface area (TPSA) is 52.6 Å². The number of rotatable bonds is 8. The third-order valence-corrected chi connectivity index (χ3v) is 3.33. The van der Waals surface area contributed by atoms with Gasteiger partial charge in [-0.15, -0.1) is 0 Å². The molecule has 5 heteroatoms. The quantitative estimate of drug-likeness (QED) is 0.773.